The molecule has 1 amide bonds. The highest BCUT2D eigenvalue weighted by atomic mass is 32.2. The molecule has 0 aromatic rings. The van der Waals surface area contributed by atoms with Crippen molar-refractivity contribution >= 4 is 17.9 Å². The van der Waals surface area contributed by atoms with E-state index in [2.05, 4.69) is 24.5 Å². The molecule has 1 unspecified atom stereocenters. The van der Waals surface area contributed by atoms with Crippen molar-refractivity contribution in [3.8, 4) is 0 Å². The molecule has 1 aliphatic heterocycles. The van der Waals surface area contributed by atoms with Crippen molar-refractivity contribution in [2.45, 2.75) is 72.1 Å². The lowest BCUT2D eigenvalue weighted by molar-refractivity contribution is 0.0470. The topological polar surface area (TPSA) is 50.4 Å². The fourth-order valence-corrected chi connectivity index (χ4v) is 3.73. The molecule has 0 saturated carbocycles. The molecular weight excluding hydrogens is 284 g/mol. The Labute approximate surface area is 134 Å². The van der Waals surface area contributed by atoms with Gasteiger partial charge in [-0.15, -0.1) is 0 Å². The van der Waals surface area contributed by atoms with Crippen LogP contribution in [0.25, 0.3) is 0 Å². The molecule has 1 aliphatic rings. The summed E-state index contributed by atoms with van der Waals surface area (Å²) in [5.74, 6) is 2.37. The molecule has 0 spiro atoms. The van der Waals surface area contributed by atoms with Gasteiger partial charge in [-0.1, -0.05) is 13.8 Å². The Hall–Kier alpha value is -0.420. The predicted octanol–water partition coefficient (Wildman–Crippen LogP) is 3.41. The van der Waals surface area contributed by atoms with Gasteiger partial charge in [0.1, 0.15) is 5.60 Å². The molecule has 5 heteroatoms. The third-order valence-corrected chi connectivity index (χ3v) is 4.91. The summed E-state index contributed by atoms with van der Waals surface area (Å²) in [6, 6.07) is 0.512. The molecule has 0 aromatic carbocycles. The number of rotatable bonds is 4. The first kappa shape index (κ1) is 18.6. The summed E-state index contributed by atoms with van der Waals surface area (Å²) in [5.41, 5.74) is -0.393. The van der Waals surface area contributed by atoms with Crippen molar-refractivity contribution in [3.05, 3.63) is 0 Å². The van der Waals surface area contributed by atoms with E-state index in [0.717, 1.165) is 12.3 Å². The molecule has 0 bridgehead atoms. The highest BCUT2D eigenvalue weighted by Crippen LogP contribution is 2.33. The second-order valence-corrected chi connectivity index (χ2v) is 9.50. The summed E-state index contributed by atoms with van der Waals surface area (Å²) >= 11 is 2.01. The van der Waals surface area contributed by atoms with Crippen molar-refractivity contribution in [2.75, 3.05) is 18.1 Å². The highest BCUT2D eigenvalue weighted by Gasteiger charge is 2.30. The molecule has 21 heavy (non-hydrogen) atoms. The summed E-state index contributed by atoms with van der Waals surface area (Å²) in [4.78, 5) is 11.9. The number of carbonyl (C=O) groups excluding carboxylic acids is 1. The summed E-state index contributed by atoms with van der Waals surface area (Å²) < 4.78 is 5.32. The predicted molar refractivity (Wildman–Crippen MR) is 91.0 cm³/mol. The van der Waals surface area contributed by atoms with Crippen LogP contribution in [0, 0.1) is 5.41 Å². The van der Waals surface area contributed by atoms with E-state index in [4.69, 9.17) is 4.74 Å². The molecular formula is C16H32N2O2S. The van der Waals surface area contributed by atoms with Crippen molar-refractivity contribution in [3.63, 3.8) is 0 Å². The molecule has 0 aromatic heterocycles. The van der Waals surface area contributed by atoms with Crippen molar-refractivity contribution in [2.24, 2.45) is 5.41 Å². The van der Waals surface area contributed by atoms with E-state index in [0.29, 0.717) is 11.5 Å². The fraction of sp³-hybridized carbons (Fsp3) is 0.938. The van der Waals surface area contributed by atoms with Gasteiger partial charge in [0.05, 0.1) is 5.54 Å². The van der Waals surface area contributed by atoms with E-state index in [1.165, 1.54) is 12.2 Å². The minimum atomic E-state index is -0.461. The third-order valence-electron chi connectivity index (χ3n) is 3.28. The lowest BCUT2D eigenvalue weighted by Gasteiger charge is -2.37. The van der Waals surface area contributed by atoms with Crippen LogP contribution >= 0.6 is 11.8 Å². The van der Waals surface area contributed by atoms with Gasteiger partial charge in [0, 0.05) is 18.3 Å². The zero-order valence-corrected chi connectivity index (χ0v) is 15.4. The lowest BCUT2D eigenvalue weighted by atomic mass is 9.87. The Morgan fingerprint density at radius 2 is 1.90 bits per heavy atom. The largest absolute Gasteiger partial charge is 0.444 e. The summed E-state index contributed by atoms with van der Waals surface area (Å²) in [7, 11) is 0. The van der Waals surface area contributed by atoms with Crippen LogP contribution in [0.1, 0.15) is 54.9 Å². The fourth-order valence-electron chi connectivity index (χ4n) is 2.42. The third kappa shape index (κ3) is 7.96. The van der Waals surface area contributed by atoms with Gasteiger partial charge in [-0.05, 0) is 52.2 Å². The summed E-state index contributed by atoms with van der Waals surface area (Å²) in [6.45, 7) is 15.0. The Bertz CT molecular complexity index is 362. The smallest absolute Gasteiger partial charge is 0.408 e. The maximum Gasteiger partial charge on any atom is 0.408 e. The molecule has 2 N–H and O–H groups in total. The van der Waals surface area contributed by atoms with E-state index in [-0.39, 0.29) is 11.6 Å². The van der Waals surface area contributed by atoms with Crippen molar-refractivity contribution in [1.29, 1.82) is 0 Å². The number of alkyl carbamates (subject to hydrolysis) is 1. The molecule has 1 atom stereocenters. The van der Waals surface area contributed by atoms with Crippen LogP contribution in [0.5, 0.6) is 0 Å². The maximum atomic E-state index is 11.9. The zero-order chi connectivity index (χ0) is 16.3. The Morgan fingerprint density at radius 1 is 1.29 bits per heavy atom. The summed E-state index contributed by atoms with van der Waals surface area (Å²) in [6.07, 6.45) is 0.829. The molecule has 1 saturated heterocycles. The first-order chi connectivity index (χ1) is 9.39. The molecule has 124 valence electrons. The van der Waals surface area contributed by atoms with Crippen LogP contribution in [0.2, 0.25) is 0 Å². The standard InChI is InChI=1S/C16H32N2O2S/c1-14(2,3)20-13(19)18-16(6,7)10-17-12-8-15(4,5)11-21-9-12/h12,17H,8-11H2,1-7H3,(H,18,19). The number of nitrogens with one attached hydrogen (secondary N) is 2. The second-order valence-electron chi connectivity index (χ2n) is 8.47. The Balaban J connectivity index is 2.40. The number of thioether (sulfide) groups is 1. The number of carbonyl (C=O) groups is 1. The highest BCUT2D eigenvalue weighted by molar-refractivity contribution is 7.99. The van der Waals surface area contributed by atoms with E-state index in [9.17, 15) is 4.79 Å². The van der Waals surface area contributed by atoms with E-state index >= 15 is 0 Å². The number of ether oxygens (including phenoxy) is 1. The number of hydrogen-bond acceptors (Lipinski definition) is 4. The lowest BCUT2D eigenvalue weighted by Crippen LogP contribution is -2.54. The molecule has 0 radical (unpaired) electrons. The maximum absolute atomic E-state index is 11.9. The zero-order valence-electron chi connectivity index (χ0n) is 14.6. The molecule has 1 fully saturated rings. The normalized spacial score (nSPS) is 22.7. The monoisotopic (exact) mass is 316 g/mol. The second kappa shape index (κ2) is 6.78. The van der Waals surface area contributed by atoms with Gasteiger partial charge in [0.15, 0.2) is 0 Å². The van der Waals surface area contributed by atoms with Crippen LogP contribution in [0.15, 0.2) is 0 Å². The van der Waals surface area contributed by atoms with Gasteiger partial charge in [-0.2, -0.15) is 11.8 Å². The van der Waals surface area contributed by atoms with Gasteiger partial charge < -0.3 is 15.4 Å². The molecule has 4 nitrogen and oxygen atoms in total. The average molecular weight is 317 g/mol. The van der Waals surface area contributed by atoms with Gasteiger partial charge in [-0.25, -0.2) is 4.79 Å². The van der Waals surface area contributed by atoms with Crippen LogP contribution in [-0.4, -0.2) is 41.3 Å². The number of amides is 1. The SMILES string of the molecule is CC1(C)CSCC(NCC(C)(C)NC(=O)OC(C)(C)C)C1. The first-order valence-corrected chi connectivity index (χ1v) is 8.86. The van der Waals surface area contributed by atoms with Crippen molar-refractivity contribution in [1.82, 2.24) is 10.6 Å². The van der Waals surface area contributed by atoms with Crippen LogP contribution in [-0.2, 0) is 4.74 Å². The van der Waals surface area contributed by atoms with E-state index < -0.39 is 5.60 Å². The first-order valence-electron chi connectivity index (χ1n) is 7.71. The van der Waals surface area contributed by atoms with Gasteiger partial charge >= 0.3 is 6.09 Å². The van der Waals surface area contributed by atoms with Crippen LogP contribution in [0.4, 0.5) is 4.79 Å². The van der Waals surface area contributed by atoms with Crippen LogP contribution in [0.3, 0.4) is 0 Å². The van der Waals surface area contributed by atoms with Crippen molar-refractivity contribution < 1.29 is 9.53 Å². The molecule has 1 heterocycles. The van der Waals surface area contributed by atoms with E-state index in [1.807, 2.05) is 46.4 Å². The number of hydrogen-bond donors (Lipinski definition) is 2. The van der Waals surface area contributed by atoms with Gasteiger partial charge in [0.2, 0.25) is 0 Å². The summed E-state index contributed by atoms with van der Waals surface area (Å²) in [5, 5.41) is 6.54. The molecule has 1 rings (SSSR count). The molecule has 0 aliphatic carbocycles. The van der Waals surface area contributed by atoms with Gasteiger partial charge in [0.25, 0.3) is 0 Å². The average Bonchev–Trinajstić information content (AvgIpc) is 2.21. The van der Waals surface area contributed by atoms with E-state index in [1.54, 1.807) is 0 Å². The quantitative estimate of drug-likeness (QED) is 0.834. The van der Waals surface area contributed by atoms with Gasteiger partial charge in [-0.3, -0.25) is 0 Å². The van der Waals surface area contributed by atoms with Crippen LogP contribution < -0.4 is 10.6 Å². The minimum absolute atomic E-state index is 0.325. The minimum Gasteiger partial charge on any atom is -0.444 e. The Kier molecular flexibility index (Phi) is 6.01. The Morgan fingerprint density at radius 3 is 2.43 bits per heavy atom.